The first-order chi connectivity index (χ1) is 11.6. The van der Waals surface area contributed by atoms with Gasteiger partial charge in [0.2, 0.25) is 10.0 Å². The Morgan fingerprint density at radius 3 is 2.29 bits per heavy atom. The molecule has 3 heterocycles. The molecule has 2 bridgehead atoms. The average molecular weight is 347 g/mol. The minimum Gasteiger partial charge on any atom is -0.497 e. The minimum atomic E-state index is -3.47. The van der Waals surface area contributed by atoms with Gasteiger partial charge >= 0.3 is 0 Å². The summed E-state index contributed by atoms with van der Waals surface area (Å²) in [5, 5.41) is 4.34. The first-order valence-electron chi connectivity index (χ1n) is 8.26. The Morgan fingerprint density at radius 1 is 1.08 bits per heavy atom. The van der Waals surface area contributed by atoms with Crippen molar-refractivity contribution >= 4 is 10.0 Å². The molecule has 0 N–H and O–H groups in total. The fourth-order valence-electron chi connectivity index (χ4n) is 4.08. The maximum atomic E-state index is 13.1. The van der Waals surface area contributed by atoms with E-state index in [1.54, 1.807) is 41.9 Å². The van der Waals surface area contributed by atoms with Crippen molar-refractivity contribution in [1.82, 2.24) is 14.1 Å². The molecule has 6 nitrogen and oxygen atoms in total. The van der Waals surface area contributed by atoms with Gasteiger partial charge in [-0.1, -0.05) is 0 Å². The molecule has 0 aliphatic carbocycles. The lowest BCUT2D eigenvalue weighted by Gasteiger charge is -2.37. The average Bonchev–Trinajstić information content (AvgIpc) is 3.22. The first kappa shape index (κ1) is 15.7. The van der Waals surface area contributed by atoms with Crippen molar-refractivity contribution in [3.05, 3.63) is 42.7 Å². The van der Waals surface area contributed by atoms with Gasteiger partial charge in [0, 0.05) is 24.5 Å². The zero-order valence-electron chi connectivity index (χ0n) is 13.6. The van der Waals surface area contributed by atoms with Crippen molar-refractivity contribution in [1.29, 1.82) is 0 Å². The van der Waals surface area contributed by atoms with Crippen LogP contribution in [0.25, 0.3) is 0 Å². The molecule has 128 valence electrons. The second kappa shape index (κ2) is 5.89. The molecule has 1 aromatic heterocycles. The standard InChI is InChI=1S/C17H21N3O3S/c1-23-16-5-7-17(8-6-16)24(21,22)20-13-3-4-14(20)12-15(11-13)19-10-2-9-18-19/h2,5-10,13-15H,3-4,11-12H2,1H3. The summed E-state index contributed by atoms with van der Waals surface area (Å²) < 4.78 is 35.0. The fraction of sp³-hybridized carbons (Fsp3) is 0.471. The van der Waals surface area contributed by atoms with Crippen LogP contribution in [-0.2, 0) is 10.0 Å². The molecule has 7 heteroatoms. The van der Waals surface area contributed by atoms with Crippen molar-refractivity contribution in [2.75, 3.05) is 7.11 Å². The van der Waals surface area contributed by atoms with Gasteiger partial charge in [-0.3, -0.25) is 4.68 Å². The number of methoxy groups -OCH3 is 1. The quantitative estimate of drug-likeness (QED) is 0.852. The number of sulfonamides is 1. The summed E-state index contributed by atoms with van der Waals surface area (Å²) in [5.41, 5.74) is 0. The maximum Gasteiger partial charge on any atom is 0.243 e. The van der Waals surface area contributed by atoms with Crippen LogP contribution in [0.15, 0.2) is 47.6 Å². The van der Waals surface area contributed by atoms with Crippen molar-refractivity contribution in [2.45, 2.75) is 48.7 Å². The van der Waals surface area contributed by atoms with E-state index in [1.165, 1.54) is 0 Å². The van der Waals surface area contributed by atoms with Crippen molar-refractivity contribution in [3.63, 3.8) is 0 Å². The van der Waals surface area contributed by atoms with Gasteiger partial charge < -0.3 is 4.74 Å². The van der Waals surface area contributed by atoms with E-state index in [0.717, 1.165) is 25.7 Å². The largest absolute Gasteiger partial charge is 0.497 e. The Kier molecular flexibility index (Phi) is 3.85. The van der Waals surface area contributed by atoms with E-state index in [4.69, 9.17) is 4.74 Å². The van der Waals surface area contributed by atoms with Crippen LogP contribution in [0.1, 0.15) is 31.7 Å². The fourth-order valence-corrected chi connectivity index (χ4v) is 5.97. The molecule has 1 aromatic carbocycles. The van der Waals surface area contributed by atoms with Gasteiger partial charge in [0.1, 0.15) is 5.75 Å². The molecular formula is C17H21N3O3S. The van der Waals surface area contributed by atoms with Gasteiger partial charge in [-0.05, 0) is 56.0 Å². The molecule has 2 aromatic rings. The van der Waals surface area contributed by atoms with Crippen LogP contribution in [0, 0.1) is 0 Å². The smallest absolute Gasteiger partial charge is 0.243 e. The number of rotatable bonds is 4. The third-order valence-corrected chi connectivity index (χ3v) is 7.19. The van der Waals surface area contributed by atoms with Gasteiger partial charge in [-0.15, -0.1) is 0 Å². The van der Waals surface area contributed by atoms with Crippen molar-refractivity contribution < 1.29 is 13.2 Å². The van der Waals surface area contributed by atoms with Crippen LogP contribution in [0.2, 0.25) is 0 Å². The molecule has 2 aliphatic rings. The Labute approximate surface area is 142 Å². The topological polar surface area (TPSA) is 64.4 Å². The normalized spacial score (nSPS) is 27.3. The number of aromatic nitrogens is 2. The Hall–Kier alpha value is -1.86. The predicted octanol–water partition coefficient (Wildman–Crippen LogP) is 2.45. The van der Waals surface area contributed by atoms with Crippen LogP contribution in [0.5, 0.6) is 5.75 Å². The van der Waals surface area contributed by atoms with Crippen molar-refractivity contribution in [3.8, 4) is 5.75 Å². The lowest BCUT2D eigenvalue weighted by molar-refractivity contribution is 0.185. The predicted molar refractivity (Wildman–Crippen MR) is 89.3 cm³/mol. The molecule has 24 heavy (non-hydrogen) atoms. The molecule has 0 amide bonds. The van der Waals surface area contributed by atoms with Crippen LogP contribution >= 0.6 is 0 Å². The zero-order valence-corrected chi connectivity index (χ0v) is 14.4. The maximum absolute atomic E-state index is 13.1. The number of ether oxygens (including phenoxy) is 1. The highest BCUT2D eigenvalue weighted by Crippen LogP contribution is 2.43. The van der Waals surface area contributed by atoms with Gasteiger partial charge in [0.25, 0.3) is 0 Å². The molecule has 2 atom stereocenters. The molecule has 4 rings (SSSR count). The summed E-state index contributed by atoms with van der Waals surface area (Å²) >= 11 is 0. The number of hydrogen-bond acceptors (Lipinski definition) is 4. The van der Waals surface area contributed by atoms with E-state index in [2.05, 4.69) is 5.10 Å². The van der Waals surface area contributed by atoms with Gasteiger partial charge in [0.15, 0.2) is 0 Å². The third kappa shape index (κ3) is 2.52. The SMILES string of the molecule is COc1ccc(S(=O)(=O)N2C3CCC2CC(n2cccn2)C3)cc1. The zero-order chi connectivity index (χ0) is 16.7. The number of piperidine rings is 1. The van der Waals surface area contributed by atoms with Crippen molar-refractivity contribution in [2.24, 2.45) is 0 Å². The highest BCUT2D eigenvalue weighted by Gasteiger charge is 2.47. The summed E-state index contributed by atoms with van der Waals surface area (Å²) in [5.74, 6) is 0.661. The minimum absolute atomic E-state index is 0.0602. The molecule has 0 spiro atoms. The summed E-state index contributed by atoms with van der Waals surface area (Å²) in [6, 6.07) is 8.99. The molecule has 2 unspecified atom stereocenters. The van der Waals surface area contributed by atoms with Crippen LogP contribution < -0.4 is 4.74 Å². The number of nitrogens with zero attached hydrogens (tertiary/aromatic N) is 3. The number of fused-ring (bicyclic) bond motifs is 2. The van der Waals surface area contributed by atoms with Crippen LogP contribution in [0.3, 0.4) is 0 Å². The van der Waals surface area contributed by atoms with Gasteiger partial charge in [-0.2, -0.15) is 9.40 Å². The lowest BCUT2D eigenvalue weighted by Crippen LogP contribution is -2.46. The monoisotopic (exact) mass is 347 g/mol. The van der Waals surface area contributed by atoms with Crippen LogP contribution in [0.4, 0.5) is 0 Å². The highest BCUT2D eigenvalue weighted by molar-refractivity contribution is 7.89. The van der Waals surface area contributed by atoms with E-state index in [0.29, 0.717) is 16.7 Å². The summed E-state index contributed by atoms with van der Waals surface area (Å²) in [4.78, 5) is 0.345. The van der Waals surface area contributed by atoms with Gasteiger partial charge in [0.05, 0.1) is 18.0 Å². The highest BCUT2D eigenvalue weighted by atomic mass is 32.2. The lowest BCUT2D eigenvalue weighted by atomic mass is 10.00. The van der Waals surface area contributed by atoms with E-state index in [1.807, 2.05) is 16.9 Å². The molecule has 2 aliphatic heterocycles. The van der Waals surface area contributed by atoms with E-state index < -0.39 is 10.0 Å². The van der Waals surface area contributed by atoms with E-state index >= 15 is 0 Å². The molecule has 2 saturated heterocycles. The van der Waals surface area contributed by atoms with E-state index in [-0.39, 0.29) is 12.1 Å². The summed E-state index contributed by atoms with van der Waals surface area (Å²) in [7, 11) is -1.89. The Balaban J connectivity index is 1.60. The number of benzene rings is 1. The second-order valence-electron chi connectivity index (χ2n) is 6.51. The van der Waals surface area contributed by atoms with Gasteiger partial charge in [-0.25, -0.2) is 8.42 Å². The second-order valence-corrected chi connectivity index (χ2v) is 8.35. The Morgan fingerprint density at radius 2 is 1.75 bits per heavy atom. The van der Waals surface area contributed by atoms with E-state index in [9.17, 15) is 8.42 Å². The first-order valence-corrected chi connectivity index (χ1v) is 9.70. The molecule has 2 fully saturated rings. The summed E-state index contributed by atoms with van der Waals surface area (Å²) in [6.45, 7) is 0. The molecular weight excluding hydrogens is 326 g/mol. The number of hydrogen-bond donors (Lipinski definition) is 0. The Bertz CT molecular complexity index is 788. The summed E-state index contributed by atoms with van der Waals surface area (Å²) in [6.07, 6.45) is 7.26. The molecule has 0 saturated carbocycles. The third-order valence-electron chi connectivity index (χ3n) is 5.18. The molecule has 0 radical (unpaired) electrons. The van der Waals surface area contributed by atoms with Crippen LogP contribution in [-0.4, -0.2) is 41.7 Å².